The highest BCUT2D eigenvalue weighted by atomic mass is 16.6. The molecule has 3 heterocycles. The van der Waals surface area contributed by atoms with Gasteiger partial charge in [-0.1, -0.05) is 26.3 Å². The second kappa shape index (κ2) is 9.69. The molecule has 0 bridgehead atoms. The molecule has 6 N–H and O–H groups in total. The number of anilines is 2. The molecule has 0 spiro atoms. The minimum Gasteiger partial charge on any atom is -0.394 e. The van der Waals surface area contributed by atoms with Crippen LogP contribution in [0.25, 0.3) is 11.2 Å². The zero-order valence-electron chi connectivity index (χ0n) is 17.5. The lowest BCUT2D eigenvalue weighted by atomic mass is 10.0. The molecule has 1 unspecified atom stereocenters. The number of unbranched alkanes of at least 4 members (excludes halogenated alkanes) is 1. The van der Waals surface area contributed by atoms with E-state index in [1.165, 1.54) is 0 Å². The summed E-state index contributed by atoms with van der Waals surface area (Å²) in [6, 6.07) is 0. The molecule has 0 aromatic carbocycles. The van der Waals surface area contributed by atoms with Crippen LogP contribution in [0.1, 0.15) is 57.5 Å². The fraction of sp³-hybridized carbons (Fsp3) is 0.650. The quantitative estimate of drug-likeness (QED) is 0.283. The third kappa shape index (κ3) is 4.27. The van der Waals surface area contributed by atoms with Crippen LogP contribution in [-0.4, -0.2) is 66.3 Å². The molecule has 10 heteroatoms. The Balaban J connectivity index is 2.09. The minimum absolute atomic E-state index is 0.0414. The summed E-state index contributed by atoms with van der Waals surface area (Å²) >= 11 is 0. The number of aromatic nitrogens is 4. The molecule has 0 aliphatic carbocycles. The standard InChI is InChI=1S/C20H32N6O4/c1-4-6-8-11(3)17-24-16(21)13-18(25-17)26(20(23-13)22-9-7-5-2)19-15(29)14(28)12(10-27)30-19/h4,11-12,14-15,19,27-29H,1,5-10H2,2-3H3,(H,22,23)(H2,21,24,25)/t11?,12-,14-,15-,19-/m1/s1. The van der Waals surface area contributed by atoms with Crippen LogP contribution in [-0.2, 0) is 4.74 Å². The number of imidazole rings is 1. The lowest BCUT2D eigenvalue weighted by Gasteiger charge is -2.20. The monoisotopic (exact) mass is 420 g/mol. The van der Waals surface area contributed by atoms with Crippen LogP contribution in [0.5, 0.6) is 0 Å². The van der Waals surface area contributed by atoms with Gasteiger partial charge in [-0.25, -0.2) is 15.0 Å². The van der Waals surface area contributed by atoms with Crippen LogP contribution in [0.3, 0.4) is 0 Å². The Hall–Kier alpha value is -2.27. The van der Waals surface area contributed by atoms with Gasteiger partial charge < -0.3 is 31.1 Å². The maximum Gasteiger partial charge on any atom is 0.207 e. The highest BCUT2D eigenvalue weighted by Crippen LogP contribution is 2.36. The molecular formula is C20H32N6O4. The molecule has 1 aliphatic heterocycles. The van der Waals surface area contributed by atoms with E-state index in [1.807, 2.05) is 13.0 Å². The predicted octanol–water partition coefficient (Wildman–Crippen LogP) is 1.30. The third-order valence-electron chi connectivity index (χ3n) is 5.41. The van der Waals surface area contributed by atoms with Crippen LogP contribution in [0.4, 0.5) is 11.8 Å². The summed E-state index contributed by atoms with van der Waals surface area (Å²) in [5, 5.41) is 33.6. The van der Waals surface area contributed by atoms with E-state index in [-0.39, 0.29) is 11.7 Å². The number of nitrogens with one attached hydrogen (secondary N) is 1. The van der Waals surface area contributed by atoms with Crippen molar-refractivity contribution in [1.82, 2.24) is 19.5 Å². The molecule has 1 aliphatic rings. The van der Waals surface area contributed by atoms with Crippen molar-refractivity contribution in [1.29, 1.82) is 0 Å². The van der Waals surface area contributed by atoms with E-state index in [2.05, 4.69) is 28.8 Å². The fourth-order valence-electron chi connectivity index (χ4n) is 3.57. The van der Waals surface area contributed by atoms with E-state index in [0.29, 0.717) is 29.5 Å². The van der Waals surface area contributed by atoms with Gasteiger partial charge in [-0.05, 0) is 19.3 Å². The highest BCUT2D eigenvalue weighted by Gasteiger charge is 2.45. The Bertz CT molecular complexity index is 873. The molecule has 0 radical (unpaired) electrons. The number of hydrogen-bond acceptors (Lipinski definition) is 9. The molecule has 3 rings (SSSR count). The molecule has 2 aromatic rings. The number of aliphatic hydroxyl groups excluding tert-OH is 3. The van der Waals surface area contributed by atoms with Crippen molar-refractivity contribution in [3.63, 3.8) is 0 Å². The van der Waals surface area contributed by atoms with Gasteiger partial charge in [0, 0.05) is 12.5 Å². The van der Waals surface area contributed by atoms with Gasteiger partial charge in [0.2, 0.25) is 5.95 Å². The van der Waals surface area contributed by atoms with Crippen molar-refractivity contribution in [3.05, 3.63) is 18.5 Å². The first-order valence-corrected chi connectivity index (χ1v) is 10.4. The van der Waals surface area contributed by atoms with Gasteiger partial charge in [-0.2, -0.15) is 0 Å². The number of rotatable bonds is 10. The maximum atomic E-state index is 10.6. The lowest BCUT2D eigenvalue weighted by molar-refractivity contribution is -0.0501. The second-order valence-electron chi connectivity index (χ2n) is 7.72. The average Bonchev–Trinajstić information content (AvgIpc) is 3.23. The Labute approximate surface area is 175 Å². The summed E-state index contributed by atoms with van der Waals surface area (Å²) in [4.78, 5) is 13.7. The van der Waals surface area contributed by atoms with Crippen LogP contribution in [0.15, 0.2) is 12.7 Å². The number of aliphatic hydroxyl groups is 3. The van der Waals surface area contributed by atoms with Crippen molar-refractivity contribution in [2.75, 3.05) is 24.2 Å². The first-order chi connectivity index (χ1) is 14.4. The van der Waals surface area contributed by atoms with Gasteiger partial charge in [0.15, 0.2) is 23.2 Å². The van der Waals surface area contributed by atoms with Crippen LogP contribution in [0, 0.1) is 0 Å². The van der Waals surface area contributed by atoms with E-state index in [1.54, 1.807) is 4.57 Å². The van der Waals surface area contributed by atoms with Gasteiger partial charge >= 0.3 is 0 Å². The zero-order chi connectivity index (χ0) is 21.8. The van der Waals surface area contributed by atoms with Crippen molar-refractivity contribution in [2.45, 2.75) is 70.0 Å². The first kappa shape index (κ1) is 22.4. The van der Waals surface area contributed by atoms with Gasteiger partial charge in [0.05, 0.1) is 6.61 Å². The maximum absolute atomic E-state index is 10.6. The number of allylic oxidation sites excluding steroid dienone is 1. The summed E-state index contributed by atoms with van der Waals surface area (Å²) in [6.07, 6.45) is 1.02. The van der Waals surface area contributed by atoms with Gasteiger partial charge in [-0.3, -0.25) is 4.57 Å². The Morgan fingerprint density at radius 1 is 1.30 bits per heavy atom. The van der Waals surface area contributed by atoms with E-state index in [0.717, 1.165) is 25.7 Å². The van der Waals surface area contributed by atoms with Crippen LogP contribution >= 0.6 is 0 Å². The molecule has 0 saturated carbocycles. The number of nitrogens with zero attached hydrogens (tertiary/aromatic N) is 4. The Kier molecular flexibility index (Phi) is 7.24. The fourth-order valence-corrected chi connectivity index (χ4v) is 3.57. The second-order valence-corrected chi connectivity index (χ2v) is 7.72. The number of nitrogens with two attached hydrogens (primary N) is 1. The Morgan fingerprint density at radius 3 is 2.70 bits per heavy atom. The molecule has 1 fully saturated rings. The van der Waals surface area contributed by atoms with Crippen LogP contribution < -0.4 is 11.1 Å². The summed E-state index contributed by atoms with van der Waals surface area (Å²) < 4.78 is 7.37. The Morgan fingerprint density at radius 2 is 2.07 bits per heavy atom. The topological polar surface area (TPSA) is 152 Å². The molecule has 5 atom stereocenters. The molecule has 1 saturated heterocycles. The molecule has 10 nitrogen and oxygen atoms in total. The van der Waals surface area contributed by atoms with Crippen LogP contribution in [0.2, 0.25) is 0 Å². The third-order valence-corrected chi connectivity index (χ3v) is 5.41. The molecule has 0 amide bonds. The zero-order valence-corrected chi connectivity index (χ0v) is 17.5. The summed E-state index contributed by atoms with van der Waals surface area (Å²) in [6.45, 7) is 8.09. The van der Waals surface area contributed by atoms with Crippen molar-refractivity contribution >= 4 is 22.9 Å². The van der Waals surface area contributed by atoms with E-state index in [9.17, 15) is 15.3 Å². The highest BCUT2D eigenvalue weighted by molar-refractivity contribution is 5.84. The SMILES string of the molecule is C=CCCC(C)c1nc(N)c2nc(NCCCC)n([C@@H]3O[C@H](CO)[C@@H](O)[C@H]3O)c2n1. The molecule has 30 heavy (non-hydrogen) atoms. The summed E-state index contributed by atoms with van der Waals surface area (Å²) in [7, 11) is 0. The molecule has 2 aromatic heterocycles. The van der Waals surface area contributed by atoms with Gasteiger partial charge in [0.25, 0.3) is 0 Å². The molecule has 166 valence electrons. The van der Waals surface area contributed by atoms with Crippen molar-refractivity contribution in [2.24, 2.45) is 0 Å². The smallest absolute Gasteiger partial charge is 0.207 e. The predicted molar refractivity (Wildman–Crippen MR) is 114 cm³/mol. The minimum atomic E-state index is -1.26. The van der Waals surface area contributed by atoms with Crippen molar-refractivity contribution in [3.8, 4) is 0 Å². The summed E-state index contributed by atoms with van der Waals surface area (Å²) in [5.74, 6) is 1.27. The molecular weight excluding hydrogens is 388 g/mol. The lowest BCUT2D eigenvalue weighted by Crippen LogP contribution is -2.33. The number of nitrogen functional groups attached to an aromatic ring is 1. The first-order valence-electron chi connectivity index (χ1n) is 10.4. The largest absolute Gasteiger partial charge is 0.394 e. The number of fused-ring (bicyclic) bond motifs is 1. The van der Waals surface area contributed by atoms with E-state index in [4.69, 9.17) is 15.5 Å². The van der Waals surface area contributed by atoms with E-state index >= 15 is 0 Å². The van der Waals surface area contributed by atoms with Gasteiger partial charge in [0.1, 0.15) is 24.1 Å². The normalized spacial score (nSPS) is 25.0. The average molecular weight is 421 g/mol. The number of ether oxygens (including phenoxy) is 1. The number of hydrogen-bond donors (Lipinski definition) is 5. The van der Waals surface area contributed by atoms with Gasteiger partial charge in [-0.15, -0.1) is 6.58 Å². The van der Waals surface area contributed by atoms with E-state index < -0.39 is 31.1 Å². The van der Waals surface area contributed by atoms with Crippen molar-refractivity contribution < 1.29 is 20.1 Å². The summed E-state index contributed by atoms with van der Waals surface area (Å²) in [5.41, 5.74) is 7.02.